The summed E-state index contributed by atoms with van der Waals surface area (Å²) in [6.07, 6.45) is 1.91. The molecule has 2 N–H and O–H groups in total. The highest BCUT2D eigenvalue weighted by Crippen LogP contribution is 2.34. The van der Waals surface area contributed by atoms with Gasteiger partial charge in [-0.1, -0.05) is 18.2 Å². The molecule has 3 nitrogen and oxygen atoms in total. The van der Waals surface area contributed by atoms with Crippen molar-refractivity contribution < 1.29 is 4.79 Å². The van der Waals surface area contributed by atoms with Crippen molar-refractivity contribution in [1.82, 2.24) is 4.98 Å². The fraction of sp³-hybridized carbons (Fsp3) is 0.133. The third kappa shape index (κ3) is 1.92. The summed E-state index contributed by atoms with van der Waals surface area (Å²) in [4.78, 5) is 15.3. The average Bonchev–Trinajstić information content (AvgIpc) is 2.83. The zero-order chi connectivity index (χ0) is 13.6. The molecule has 0 radical (unpaired) electrons. The number of aryl methyl sites for hydroxylation is 1. The molecule has 0 saturated heterocycles. The molecule has 0 saturated carbocycles. The molecule has 1 aliphatic heterocycles. The molecule has 0 bridgehead atoms. The van der Waals surface area contributed by atoms with Crippen LogP contribution in [0.4, 0.5) is 5.69 Å². The van der Waals surface area contributed by atoms with Crippen molar-refractivity contribution in [3.63, 3.8) is 0 Å². The summed E-state index contributed by atoms with van der Waals surface area (Å²) in [6, 6.07) is 7.73. The zero-order valence-electron chi connectivity index (χ0n) is 10.7. The average molecular weight is 317 g/mol. The summed E-state index contributed by atoms with van der Waals surface area (Å²) in [5, 5.41) is 2.88. The van der Waals surface area contributed by atoms with Gasteiger partial charge in [-0.2, -0.15) is 0 Å². The van der Waals surface area contributed by atoms with Gasteiger partial charge in [0.2, 0.25) is 0 Å². The van der Waals surface area contributed by atoms with Gasteiger partial charge >= 0.3 is 0 Å². The number of anilines is 1. The van der Waals surface area contributed by atoms with Crippen LogP contribution in [0.2, 0.25) is 0 Å². The SMILES string of the molecule is Cc1[nH]c(/C=C2\C(=O)Nc3ccccc32)c(C)c1Br. The molecule has 1 aromatic carbocycles. The molecule has 2 aromatic rings. The van der Waals surface area contributed by atoms with Crippen molar-refractivity contribution in [2.75, 3.05) is 5.32 Å². The number of fused-ring (bicyclic) bond motifs is 1. The fourth-order valence-electron chi connectivity index (χ4n) is 2.32. The largest absolute Gasteiger partial charge is 0.358 e. The second kappa shape index (κ2) is 4.38. The lowest BCUT2D eigenvalue weighted by Crippen LogP contribution is -2.03. The fourth-order valence-corrected chi connectivity index (χ4v) is 2.63. The Morgan fingerprint density at radius 2 is 1.95 bits per heavy atom. The second-order valence-electron chi connectivity index (χ2n) is 4.66. The molecule has 0 aliphatic carbocycles. The molecule has 0 unspecified atom stereocenters. The number of halogens is 1. The first-order chi connectivity index (χ1) is 9.08. The minimum Gasteiger partial charge on any atom is -0.358 e. The normalized spacial score (nSPS) is 15.7. The number of H-pyrrole nitrogens is 1. The van der Waals surface area contributed by atoms with Gasteiger partial charge in [-0.25, -0.2) is 0 Å². The van der Waals surface area contributed by atoms with Gasteiger partial charge in [0.05, 0.1) is 5.57 Å². The first-order valence-electron chi connectivity index (χ1n) is 6.05. The van der Waals surface area contributed by atoms with Crippen molar-refractivity contribution in [1.29, 1.82) is 0 Å². The van der Waals surface area contributed by atoms with E-state index in [4.69, 9.17) is 0 Å². The third-order valence-corrected chi connectivity index (χ3v) is 4.57. The number of amides is 1. The Labute approximate surface area is 119 Å². The lowest BCUT2D eigenvalue weighted by molar-refractivity contribution is -0.110. The number of hydrogen-bond acceptors (Lipinski definition) is 1. The Morgan fingerprint density at radius 3 is 2.63 bits per heavy atom. The Hall–Kier alpha value is -1.81. The Kier molecular flexibility index (Phi) is 2.82. The predicted octanol–water partition coefficient (Wildman–Crippen LogP) is 3.89. The van der Waals surface area contributed by atoms with Gasteiger partial charge in [0.15, 0.2) is 0 Å². The highest BCUT2D eigenvalue weighted by molar-refractivity contribution is 9.10. The van der Waals surface area contributed by atoms with E-state index < -0.39 is 0 Å². The number of aromatic nitrogens is 1. The highest BCUT2D eigenvalue weighted by atomic mass is 79.9. The van der Waals surface area contributed by atoms with E-state index in [2.05, 4.69) is 26.2 Å². The quantitative estimate of drug-likeness (QED) is 0.770. The molecular weight excluding hydrogens is 304 g/mol. The van der Waals surface area contributed by atoms with E-state index in [1.54, 1.807) is 0 Å². The summed E-state index contributed by atoms with van der Waals surface area (Å²) in [7, 11) is 0. The van der Waals surface area contributed by atoms with Gasteiger partial charge in [0.1, 0.15) is 0 Å². The number of benzene rings is 1. The maximum Gasteiger partial charge on any atom is 0.256 e. The van der Waals surface area contributed by atoms with Gasteiger partial charge in [0, 0.05) is 27.1 Å². The van der Waals surface area contributed by atoms with E-state index in [9.17, 15) is 4.79 Å². The number of para-hydroxylation sites is 1. The van der Waals surface area contributed by atoms with Crippen molar-refractivity contribution in [3.05, 3.63) is 51.3 Å². The van der Waals surface area contributed by atoms with E-state index in [1.165, 1.54) is 0 Å². The molecule has 4 heteroatoms. The molecule has 19 heavy (non-hydrogen) atoms. The van der Waals surface area contributed by atoms with E-state index >= 15 is 0 Å². The molecular formula is C15H13BrN2O. The zero-order valence-corrected chi connectivity index (χ0v) is 12.3. The van der Waals surface area contributed by atoms with Gasteiger partial charge in [-0.15, -0.1) is 0 Å². The lowest BCUT2D eigenvalue weighted by Gasteiger charge is -1.98. The van der Waals surface area contributed by atoms with Crippen LogP contribution in [-0.2, 0) is 4.79 Å². The number of aromatic amines is 1. The molecule has 0 spiro atoms. The topological polar surface area (TPSA) is 44.9 Å². The maximum atomic E-state index is 12.0. The molecule has 1 amide bonds. The van der Waals surface area contributed by atoms with Crippen LogP contribution >= 0.6 is 15.9 Å². The standard InChI is InChI=1S/C15H13BrN2O/c1-8-13(17-9(2)14(8)16)7-11-10-5-3-4-6-12(10)18-15(11)19/h3-7,17H,1-2H3,(H,18,19)/b11-7-. The molecule has 0 fully saturated rings. The van der Waals surface area contributed by atoms with E-state index in [1.807, 2.05) is 44.2 Å². The van der Waals surface area contributed by atoms with Crippen molar-refractivity contribution in [2.24, 2.45) is 0 Å². The number of carbonyl (C=O) groups is 1. The molecule has 0 atom stereocenters. The third-order valence-electron chi connectivity index (χ3n) is 3.38. The van der Waals surface area contributed by atoms with Crippen LogP contribution in [0.5, 0.6) is 0 Å². The summed E-state index contributed by atoms with van der Waals surface area (Å²) >= 11 is 3.54. The monoisotopic (exact) mass is 316 g/mol. The van der Waals surface area contributed by atoms with Crippen LogP contribution in [0, 0.1) is 13.8 Å². The summed E-state index contributed by atoms with van der Waals surface area (Å²) in [5.41, 5.74) is 5.67. The van der Waals surface area contributed by atoms with Crippen molar-refractivity contribution in [3.8, 4) is 0 Å². The predicted molar refractivity (Wildman–Crippen MR) is 80.9 cm³/mol. The number of rotatable bonds is 1. The van der Waals surface area contributed by atoms with Crippen molar-refractivity contribution >= 4 is 39.2 Å². The second-order valence-corrected chi connectivity index (χ2v) is 5.45. The first-order valence-corrected chi connectivity index (χ1v) is 6.84. The number of carbonyl (C=O) groups excluding carboxylic acids is 1. The maximum absolute atomic E-state index is 12.0. The Balaban J connectivity index is 2.14. The molecule has 96 valence electrons. The van der Waals surface area contributed by atoms with Crippen LogP contribution in [0.3, 0.4) is 0 Å². The summed E-state index contributed by atoms with van der Waals surface area (Å²) in [5.74, 6) is -0.0519. The Bertz CT molecular complexity index is 713. The summed E-state index contributed by atoms with van der Waals surface area (Å²) in [6.45, 7) is 4.03. The molecule has 1 aliphatic rings. The van der Waals surface area contributed by atoms with Gasteiger partial charge in [0.25, 0.3) is 5.91 Å². The van der Waals surface area contributed by atoms with Gasteiger partial charge < -0.3 is 10.3 Å². The van der Waals surface area contributed by atoms with Gasteiger partial charge in [-0.05, 0) is 47.5 Å². The van der Waals surface area contributed by atoms with Crippen LogP contribution in [0.25, 0.3) is 11.6 Å². The van der Waals surface area contributed by atoms with Crippen LogP contribution in [0.15, 0.2) is 28.7 Å². The molecule has 1 aromatic heterocycles. The lowest BCUT2D eigenvalue weighted by atomic mass is 10.1. The van der Waals surface area contributed by atoms with E-state index in [0.29, 0.717) is 5.57 Å². The highest BCUT2D eigenvalue weighted by Gasteiger charge is 2.24. The number of nitrogens with one attached hydrogen (secondary N) is 2. The van der Waals surface area contributed by atoms with E-state index in [-0.39, 0.29) is 5.91 Å². The molecule has 2 heterocycles. The minimum absolute atomic E-state index is 0.0519. The van der Waals surface area contributed by atoms with Crippen LogP contribution < -0.4 is 5.32 Å². The first kappa shape index (κ1) is 12.2. The van der Waals surface area contributed by atoms with E-state index in [0.717, 1.165) is 32.7 Å². The smallest absolute Gasteiger partial charge is 0.256 e. The number of hydrogen-bond donors (Lipinski definition) is 2. The van der Waals surface area contributed by atoms with Crippen molar-refractivity contribution in [2.45, 2.75) is 13.8 Å². The van der Waals surface area contributed by atoms with Crippen LogP contribution in [-0.4, -0.2) is 10.9 Å². The Morgan fingerprint density at radius 1 is 1.21 bits per heavy atom. The molecule has 3 rings (SSSR count). The van der Waals surface area contributed by atoms with Gasteiger partial charge in [-0.3, -0.25) is 4.79 Å². The minimum atomic E-state index is -0.0519. The summed E-state index contributed by atoms with van der Waals surface area (Å²) < 4.78 is 1.06. The van der Waals surface area contributed by atoms with Crippen LogP contribution in [0.1, 0.15) is 22.5 Å².